The lowest BCUT2D eigenvalue weighted by Gasteiger charge is -2.29. The number of alkyl halides is 3. The van der Waals surface area contributed by atoms with E-state index in [0.717, 1.165) is 24.3 Å². The molecule has 1 aliphatic rings. The standard InChI is InChI=1S/C17H12F3NO3/c18-17(19,20)14-4-2-12(3-5-14)16(23)21-8-13-7-11(9-22)1-6-15(13)24-10-21/h1-7,9H,8,10H2. The molecule has 0 saturated carbocycles. The number of rotatable bonds is 2. The van der Waals surface area contributed by atoms with E-state index < -0.39 is 17.6 Å². The molecule has 2 aromatic carbocycles. The molecule has 0 atom stereocenters. The minimum absolute atomic E-state index is 0.00666. The van der Waals surface area contributed by atoms with Crippen molar-refractivity contribution >= 4 is 12.2 Å². The number of nitrogens with zero attached hydrogens (tertiary/aromatic N) is 1. The van der Waals surface area contributed by atoms with Crippen molar-refractivity contribution in [3.8, 4) is 5.75 Å². The smallest absolute Gasteiger partial charge is 0.416 e. The summed E-state index contributed by atoms with van der Waals surface area (Å²) in [5.41, 5.74) is 0.462. The summed E-state index contributed by atoms with van der Waals surface area (Å²) in [6, 6.07) is 8.91. The van der Waals surface area contributed by atoms with Crippen LogP contribution in [0.4, 0.5) is 13.2 Å². The van der Waals surface area contributed by atoms with E-state index in [1.54, 1.807) is 18.2 Å². The largest absolute Gasteiger partial charge is 0.473 e. The molecule has 0 aromatic heterocycles. The topological polar surface area (TPSA) is 46.6 Å². The molecular weight excluding hydrogens is 323 g/mol. The highest BCUT2D eigenvalue weighted by atomic mass is 19.4. The Labute approximate surface area is 135 Å². The van der Waals surface area contributed by atoms with Gasteiger partial charge in [0.05, 0.1) is 12.1 Å². The molecule has 24 heavy (non-hydrogen) atoms. The number of hydrogen-bond donors (Lipinski definition) is 0. The van der Waals surface area contributed by atoms with Crippen LogP contribution in [-0.4, -0.2) is 23.8 Å². The van der Waals surface area contributed by atoms with E-state index in [4.69, 9.17) is 4.74 Å². The van der Waals surface area contributed by atoms with Crippen molar-refractivity contribution in [2.75, 3.05) is 6.73 Å². The highest BCUT2D eigenvalue weighted by Gasteiger charge is 2.30. The monoisotopic (exact) mass is 335 g/mol. The SMILES string of the molecule is O=Cc1ccc2c(c1)CN(C(=O)c1ccc(C(F)(F)F)cc1)CO2. The number of hydrogen-bond acceptors (Lipinski definition) is 3. The first kappa shape index (κ1) is 16.0. The van der Waals surface area contributed by atoms with Crippen LogP contribution in [-0.2, 0) is 12.7 Å². The Bertz CT molecular complexity index is 785. The van der Waals surface area contributed by atoms with Gasteiger partial charge in [-0.25, -0.2) is 0 Å². The van der Waals surface area contributed by atoms with Crippen molar-refractivity contribution in [3.63, 3.8) is 0 Å². The van der Waals surface area contributed by atoms with Crippen LogP contribution < -0.4 is 4.74 Å². The Balaban J connectivity index is 1.79. The van der Waals surface area contributed by atoms with Gasteiger partial charge in [0, 0.05) is 16.7 Å². The highest BCUT2D eigenvalue weighted by molar-refractivity contribution is 5.94. The predicted octanol–water partition coefficient (Wildman–Crippen LogP) is 3.51. The van der Waals surface area contributed by atoms with Gasteiger partial charge in [0.25, 0.3) is 5.91 Å². The molecule has 0 spiro atoms. The van der Waals surface area contributed by atoms with E-state index in [1.165, 1.54) is 4.90 Å². The summed E-state index contributed by atoms with van der Waals surface area (Å²) in [4.78, 5) is 24.6. The molecule has 1 amide bonds. The fourth-order valence-corrected chi connectivity index (χ4v) is 2.45. The Morgan fingerprint density at radius 3 is 2.46 bits per heavy atom. The maximum Gasteiger partial charge on any atom is 0.416 e. The molecule has 1 heterocycles. The molecule has 0 unspecified atom stereocenters. The number of carbonyl (C=O) groups is 2. The summed E-state index contributed by atoms with van der Waals surface area (Å²) in [5, 5.41) is 0. The van der Waals surface area contributed by atoms with Crippen molar-refractivity contribution in [1.82, 2.24) is 4.90 Å². The molecule has 2 aromatic rings. The van der Waals surface area contributed by atoms with Crippen LogP contribution in [0.5, 0.6) is 5.75 Å². The Morgan fingerprint density at radius 2 is 1.83 bits per heavy atom. The third-order valence-corrected chi connectivity index (χ3v) is 3.70. The minimum atomic E-state index is -4.44. The van der Waals surface area contributed by atoms with Gasteiger partial charge in [-0.05, 0) is 42.5 Å². The summed E-state index contributed by atoms with van der Waals surface area (Å²) in [6.45, 7) is 0.212. The molecule has 3 rings (SSSR count). The average molecular weight is 335 g/mol. The second-order valence-corrected chi connectivity index (χ2v) is 5.34. The molecule has 0 N–H and O–H groups in total. The lowest BCUT2D eigenvalue weighted by atomic mass is 10.1. The number of ether oxygens (including phenoxy) is 1. The quantitative estimate of drug-likeness (QED) is 0.789. The van der Waals surface area contributed by atoms with Gasteiger partial charge in [-0.3, -0.25) is 9.59 Å². The van der Waals surface area contributed by atoms with Gasteiger partial charge in [-0.1, -0.05) is 0 Å². The Kier molecular flexibility index (Phi) is 4.01. The Morgan fingerprint density at radius 1 is 1.12 bits per heavy atom. The van der Waals surface area contributed by atoms with Gasteiger partial charge < -0.3 is 9.64 Å². The highest BCUT2D eigenvalue weighted by Crippen LogP contribution is 2.30. The van der Waals surface area contributed by atoms with Crippen LogP contribution >= 0.6 is 0 Å². The zero-order valence-corrected chi connectivity index (χ0v) is 12.3. The van der Waals surface area contributed by atoms with Gasteiger partial charge in [-0.15, -0.1) is 0 Å². The van der Waals surface area contributed by atoms with Crippen molar-refractivity contribution in [2.45, 2.75) is 12.7 Å². The van der Waals surface area contributed by atoms with Crippen LogP contribution in [0.15, 0.2) is 42.5 Å². The fraction of sp³-hybridized carbons (Fsp3) is 0.176. The second-order valence-electron chi connectivity index (χ2n) is 5.34. The zero-order chi connectivity index (χ0) is 17.3. The first-order valence-corrected chi connectivity index (χ1v) is 7.06. The molecule has 7 heteroatoms. The van der Waals surface area contributed by atoms with Crippen LogP contribution in [0.2, 0.25) is 0 Å². The predicted molar refractivity (Wildman–Crippen MR) is 78.6 cm³/mol. The van der Waals surface area contributed by atoms with Crippen LogP contribution in [0.1, 0.15) is 31.8 Å². The van der Waals surface area contributed by atoms with Crippen molar-refractivity contribution in [2.24, 2.45) is 0 Å². The average Bonchev–Trinajstić information content (AvgIpc) is 2.59. The zero-order valence-electron chi connectivity index (χ0n) is 12.3. The van der Waals surface area contributed by atoms with Gasteiger partial charge >= 0.3 is 6.18 Å². The number of fused-ring (bicyclic) bond motifs is 1. The van der Waals surface area contributed by atoms with Crippen molar-refractivity contribution in [3.05, 3.63) is 64.7 Å². The molecule has 0 aliphatic carbocycles. The lowest BCUT2D eigenvalue weighted by Crippen LogP contribution is -2.37. The van der Waals surface area contributed by atoms with Crippen molar-refractivity contribution in [1.29, 1.82) is 0 Å². The second kappa shape index (κ2) is 5.99. The van der Waals surface area contributed by atoms with E-state index in [9.17, 15) is 22.8 Å². The summed E-state index contributed by atoms with van der Waals surface area (Å²) in [6.07, 6.45) is -3.75. The van der Waals surface area contributed by atoms with E-state index >= 15 is 0 Å². The van der Waals surface area contributed by atoms with E-state index in [-0.39, 0.29) is 18.8 Å². The van der Waals surface area contributed by atoms with Crippen LogP contribution in [0.25, 0.3) is 0 Å². The fourth-order valence-electron chi connectivity index (χ4n) is 2.45. The van der Waals surface area contributed by atoms with Crippen LogP contribution in [0.3, 0.4) is 0 Å². The van der Waals surface area contributed by atoms with Crippen molar-refractivity contribution < 1.29 is 27.5 Å². The lowest BCUT2D eigenvalue weighted by molar-refractivity contribution is -0.137. The summed E-state index contributed by atoms with van der Waals surface area (Å²) in [7, 11) is 0. The Hall–Kier alpha value is -2.83. The summed E-state index contributed by atoms with van der Waals surface area (Å²) >= 11 is 0. The number of benzene rings is 2. The summed E-state index contributed by atoms with van der Waals surface area (Å²) < 4.78 is 43.2. The first-order valence-electron chi connectivity index (χ1n) is 7.06. The third-order valence-electron chi connectivity index (χ3n) is 3.70. The first-order chi connectivity index (χ1) is 11.4. The number of aldehydes is 1. The van der Waals surface area contributed by atoms with Gasteiger partial charge in [0.1, 0.15) is 12.0 Å². The molecule has 1 aliphatic heterocycles. The molecule has 0 fully saturated rings. The van der Waals surface area contributed by atoms with E-state index in [0.29, 0.717) is 23.2 Å². The molecule has 124 valence electrons. The molecule has 4 nitrogen and oxygen atoms in total. The van der Waals surface area contributed by atoms with E-state index in [1.807, 2.05) is 0 Å². The molecule has 0 radical (unpaired) electrons. The molecular formula is C17H12F3NO3. The number of halogens is 3. The molecule has 0 saturated heterocycles. The van der Waals surface area contributed by atoms with Gasteiger partial charge in [0.15, 0.2) is 6.73 Å². The maximum atomic E-state index is 12.6. The third kappa shape index (κ3) is 3.10. The number of carbonyl (C=O) groups excluding carboxylic acids is 2. The number of amides is 1. The van der Waals surface area contributed by atoms with Crippen LogP contribution in [0, 0.1) is 0 Å². The normalized spacial score (nSPS) is 13.9. The van der Waals surface area contributed by atoms with Gasteiger partial charge in [0.2, 0.25) is 0 Å². The van der Waals surface area contributed by atoms with Gasteiger partial charge in [-0.2, -0.15) is 13.2 Å². The summed E-state index contributed by atoms with van der Waals surface area (Å²) in [5.74, 6) is 0.142. The van der Waals surface area contributed by atoms with E-state index in [2.05, 4.69) is 0 Å². The maximum absolute atomic E-state index is 12.6. The molecule has 0 bridgehead atoms. The minimum Gasteiger partial charge on any atom is -0.473 e.